The van der Waals surface area contributed by atoms with Gasteiger partial charge in [-0.2, -0.15) is 0 Å². The topological polar surface area (TPSA) is 59.6 Å². The molecule has 5 nitrogen and oxygen atoms in total. The number of nitrogens with one attached hydrogen (secondary N) is 2. The van der Waals surface area contributed by atoms with Gasteiger partial charge in [0.15, 0.2) is 11.5 Å². The molecule has 2 N–H and O–H groups in total. The lowest BCUT2D eigenvalue weighted by molar-refractivity contribution is -0.121. The zero-order valence-corrected chi connectivity index (χ0v) is 14.2. The maximum absolute atomic E-state index is 11.9. The van der Waals surface area contributed by atoms with Crippen molar-refractivity contribution in [3.63, 3.8) is 0 Å². The van der Waals surface area contributed by atoms with E-state index in [1.54, 1.807) is 7.11 Å². The van der Waals surface area contributed by atoms with E-state index in [-0.39, 0.29) is 18.1 Å². The highest BCUT2D eigenvalue weighted by molar-refractivity contribution is 5.76. The number of hydrogen-bond acceptors (Lipinski definition) is 4. The van der Waals surface area contributed by atoms with Crippen LogP contribution in [0.25, 0.3) is 0 Å². The Morgan fingerprint density at radius 3 is 2.55 bits per heavy atom. The van der Waals surface area contributed by atoms with Crippen molar-refractivity contribution >= 4 is 5.91 Å². The first-order valence-corrected chi connectivity index (χ1v) is 7.76. The summed E-state index contributed by atoms with van der Waals surface area (Å²) in [5.41, 5.74) is 0.995. The second kappa shape index (κ2) is 9.30. The molecular formula is C17H28N2O3. The molecule has 0 aliphatic heterocycles. The Balaban J connectivity index is 2.69. The van der Waals surface area contributed by atoms with Gasteiger partial charge in [-0.15, -0.1) is 0 Å². The van der Waals surface area contributed by atoms with Gasteiger partial charge >= 0.3 is 0 Å². The Labute approximate surface area is 133 Å². The summed E-state index contributed by atoms with van der Waals surface area (Å²) in [6.07, 6.45) is 1.44. The first-order chi connectivity index (χ1) is 10.5. The minimum atomic E-state index is -0.0657. The van der Waals surface area contributed by atoms with Crippen LogP contribution in [0.3, 0.4) is 0 Å². The fourth-order valence-electron chi connectivity index (χ4n) is 2.13. The molecule has 0 aliphatic carbocycles. The van der Waals surface area contributed by atoms with E-state index in [1.165, 1.54) is 0 Å². The summed E-state index contributed by atoms with van der Waals surface area (Å²) >= 11 is 0. The van der Waals surface area contributed by atoms with Crippen LogP contribution in [0.15, 0.2) is 18.2 Å². The van der Waals surface area contributed by atoms with Crippen LogP contribution in [-0.2, 0) is 4.79 Å². The molecule has 1 aromatic carbocycles. The lowest BCUT2D eigenvalue weighted by Gasteiger charge is -2.18. The van der Waals surface area contributed by atoms with Crippen molar-refractivity contribution in [2.24, 2.45) is 0 Å². The van der Waals surface area contributed by atoms with Crippen molar-refractivity contribution in [1.82, 2.24) is 10.6 Å². The molecule has 0 bridgehead atoms. The number of hydrogen-bond donors (Lipinski definition) is 2. The first-order valence-electron chi connectivity index (χ1n) is 7.76. The largest absolute Gasteiger partial charge is 0.493 e. The van der Waals surface area contributed by atoms with E-state index in [2.05, 4.69) is 10.6 Å². The Kier molecular flexibility index (Phi) is 7.74. The fraction of sp³-hybridized carbons (Fsp3) is 0.588. The lowest BCUT2D eigenvalue weighted by atomic mass is 10.1. The van der Waals surface area contributed by atoms with Crippen LogP contribution < -0.4 is 20.1 Å². The van der Waals surface area contributed by atoms with Crippen LogP contribution in [-0.4, -0.2) is 32.7 Å². The highest BCUT2D eigenvalue weighted by Gasteiger charge is 2.13. The Morgan fingerprint density at radius 2 is 1.95 bits per heavy atom. The van der Waals surface area contributed by atoms with Crippen LogP contribution >= 0.6 is 0 Å². The van der Waals surface area contributed by atoms with Crippen LogP contribution in [0.4, 0.5) is 0 Å². The van der Waals surface area contributed by atoms with Gasteiger partial charge in [0.25, 0.3) is 0 Å². The van der Waals surface area contributed by atoms with E-state index in [0.29, 0.717) is 17.9 Å². The zero-order chi connectivity index (χ0) is 16.5. The third-order valence-corrected chi connectivity index (χ3v) is 3.26. The van der Waals surface area contributed by atoms with Gasteiger partial charge < -0.3 is 20.1 Å². The second-order valence-electron chi connectivity index (χ2n) is 5.57. The molecule has 1 unspecified atom stereocenters. The van der Waals surface area contributed by atoms with E-state index in [0.717, 1.165) is 18.5 Å². The predicted octanol–water partition coefficient (Wildman–Crippen LogP) is 2.66. The summed E-state index contributed by atoms with van der Waals surface area (Å²) in [6.45, 7) is 6.76. The number of carbonyl (C=O) groups excluding carboxylic acids is 1. The standard InChI is InChI=1S/C17H28N2O3/c1-12(2)22-15-9-8-14(11-16(15)21-5)13(3)19-17(20)7-6-10-18-4/h8-9,11-13,18H,6-7,10H2,1-5H3,(H,19,20). The lowest BCUT2D eigenvalue weighted by Crippen LogP contribution is -2.27. The molecule has 0 heterocycles. The second-order valence-corrected chi connectivity index (χ2v) is 5.57. The molecule has 1 amide bonds. The van der Waals surface area contributed by atoms with Gasteiger partial charge in [-0.3, -0.25) is 4.79 Å². The summed E-state index contributed by atoms with van der Waals surface area (Å²) in [7, 11) is 3.50. The Hall–Kier alpha value is -1.75. The third-order valence-electron chi connectivity index (χ3n) is 3.26. The van der Waals surface area contributed by atoms with Gasteiger partial charge in [-0.25, -0.2) is 0 Å². The summed E-state index contributed by atoms with van der Waals surface area (Å²) in [6, 6.07) is 5.69. The van der Waals surface area contributed by atoms with Crippen molar-refractivity contribution in [2.45, 2.75) is 45.8 Å². The SMILES string of the molecule is CNCCCC(=O)NC(C)c1ccc(OC(C)C)c(OC)c1. The number of carbonyl (C=O) groups is 1. The third kappa shape index (κ3) is 5.93. The number of rotatable bonds is 9. The van der Waals surface area contributed by atoms with Crippen LogP contribution in [0.5, 0.6) is 11.5 Å². The van der Waals surface area contributed by atoms with E-state index >= 15 is 0 Å². The Morgan fingerprint density at radius 1 is 1.23 bits per heavy atom. The molecule has 124 valence electrons. The number of ether oxygens (including phenoxy) is 2. The molecule has 0 aliphatic rings. The molecular weight excluding hydrogens is 280 g/mol. The molecule has 0 saturated heterocycles. The summed E-state index contributed by atoms with van der Waals surface area (Å²) in [4.78, 5) is 11.9. The molecule has 0 saturated carbocycles. The van der Waals surface area contributed by atoms with E-state index in [1.807, 2.05) is 46.0 Å². The highest BCUT2D eigenvalue weighted by atomic mass is 16.5. The predicted molar refractivity (Wildman–Crippen MR) is 88.5 cm³/mol. The Bertz CT molecular complexity index is 475. The van der Waals surface area contributed by atoms with Crippen molar-refractivity contribution in [1.29, 1.82) is 0 Å². The zero-order valence-electron chi connectivity index (χ0n) is 14.2. The number of benzene rings is 1. The molecule has 0 fully saturated rings. The highest BCUT2D eigenvalue weighted by Crippen LogP contribution is 2.31. The number of amides is 1. The van der Waals surface area contributed by atoms with E-state index < -0.39 is 0 Å². The quantitative estimate of drug-likeness (QED) is 0.689. The summed E-state index contributed by atoms with van der Waals surface area (Å²) in [5, 5.41) is 6.04. The van der Waals surface area contributed by atoms with Crippen LogP contribution in [0.2, 0.25) is 0 Å². The fourth-order valence-corrected chi connectivity index (χ4v) is 2.13. The summed E-state index contributed by atoms with van der Waals surface area (Å²) < 4.78 is 11.1. The average molecular weight is 308 g/mol. The molecule has 0 radical (unpaired) electrons. The van der Waals surface area contributed by atoms with Crippen molar-refractivity contribution in [3.05, 3.63) is 23.8 Å². The van der Waals surface area contributed by atoms with Gasteiger partial charge in [0.05, 0.1) is 19.3 Å². The average Bonchev–Trinajstić information content (AvgIpc) is 2.47. The van der Waals surface area contributed by atoms with Crippen molar-refractivity contribution < 1.29 is 14.3 Å². The molecule has 5 heteroatoms. The number of methoxy groups -OCH3 is 1. The molecule has 1 aromatic rings. The monoisotopic (exact) mass is 308 g/mol. The van der Waals surface area contributed by atoms with Crippen LogP contribution in [0, 0.1) is 0 Å². The molecule has 0 aromatic heterocycles. The smallest absolute Gasteiger partial charge is 0.220 e. The van der Waals surface area contributed by atoms with Gasteiger partial charge in [-0.1, -0.05) is 6.07 Å². The molecule has 1 atom stereocenters. The normalized spacial score (nSPS) is 12.1. The summed E-state index contributed by atoms with van der Waals surface area (Å²) in [5.74, 6) is 1.46. The molecule has 1 rings (SSSR count). The minimum Gasteiger partial charge on any atom is -0.493 e. The van der Waals surface area contributed by atoms with Crippen molar-refractivity contribution in [3.8, 4) is 11.5 Å². The van der Waals surface area contributed by atoms with E-state index in [4.69, 9.17) is 9.47 Å². The van der Waals surface area contributed by atoms with Crippen molar-refractivity contribution in [2.75, 3.05) is 20.7 Å². The van der Waals surface area contributed by atoms with Gasteiger partial charge in [0.1, 0.15) is 0 Å². The first kappa shape index (κ1) is 18.3. The molecule has 0 spiro atoms. The maximum Gasteiger partial charge on any atom is 0.220 e. The van der Waals surface area contributed by atoms with Gasteiger partial charge in [-0.05, 0) is 58.5 Å². The molecule has 22 heavy (non-hydrogen) atoms. The van der Waals surface area contributed by atoms with E-state index in [9.17, 15) is 4.79 Å². The maximum atomic E-state index is 11.9. The van der Waals surface area contributed by atoms with Gasteiger partial charge in [0, 0.05) is 6.42 Å². The minimum absolute atomic E-state index is 0.0595. The van der Waals surface area contributed by atoms with Gasteiger partial charge in [0.2, 0.25) is 5.91 Å². The van der Waals surface area contributed by atoms with Crippen LogP contribution in [0.1, 0.15) is 45.2 Å².